The number of carbonyl (C=O) groups excluding carboxylic acids is 3. The molecule has 8 nitrogen and oxygen atoms in total. The molecule has 0 radical (unpaired) electrons. The van der Waals surface area contributed by atoms with Crippen molar-refractivity contribution < 1.29 is 24.3 Å². The summed E-state index contributed by atoms with van der Waals surface area (Å²) in [5.74, 6) is -2.28. The molecule has 1 heterocycles. The van der Waals surface area contributed by atoms with Gasteiger partial charge in [-0.1, -0.05) is 32.0 Å². The van der Waals surface area contributed by atoms with E-state index in [4.69, 9.17) is 5.11 Å². The summed E-state index contributed by atoms with van der Waals surface area (Å²) in [6.07, 6.45) is 0.301. The van der Waals surface area contributed by atoms with Gasteiger partial charge in [0.05, 0.1) is 6.54 Å². The van der Waals surface area contributed by atoms with E-state index in [0.717, 1.165) is 5.56 Å². The van der Waals surface area contributed by atoms with E-state index in [1.807, 2.05) is 26.0 Å². The number of aliphatic carboxylic acids is 1. The zero-order chi connectivity index (χ0) is 19.3. The summed E-state index contributed by atoms with van der Waals surface area (Å²) < 4.78 is 0. The smallest absolute Gasteiger partial charge is 0.326 e. The SMILES string of the molecule is CC(C)C[C@H](NC(=O)CNC(=O)CN1Cc2ccccc2C1=O)C(=O)O. The molecule has 0 aliphatic carbocycles. The minimum absolute atomic E-state index is 0.105. The van der Waals surface area contributed by atoms with Crippen LogP contribution in [0.15, 0.2) is 24.3 Å². The molecule has 26 heavy (non-hydrogen) atoms. The topological polar surface area (TPSA) is 116 Å². The molecule has 1 aromatic carbocycles. The Labute approximate surface area is 151 Å². The first-order valence-electron chi connectivity index (χ1n) is 8.44. The number of benzene rings is 1. The first-order valence-corrected chi connectivity index (χ1v) is 8.44. The van der Waals surface area contributed by atoms with Crippen LogP contribution in [0.4, 0.5) is 0 Å². The molecular formula is C18H23N3O5. The van der Waals surface area contributed by atoms with Crippen LogP contribution < -0.4 is 10.6 Å². The first-order chi connectivity index (χ1) is 12.3. The number of carboxylic acids is 1. The van der Waals surface area contributed by atoms with Gasteiger partial charge < -0.3 is 20.6 Å². The Morgan fingerprint density at radius 3 is 2.50 bits per heavy atom. The van der Waals surface area contributed by atoms with Crippen LogP contribution in [0.3, 0.4) is 0 Å². The third kappa shape index (κ3) is 5.05. The van der Waals surface area contributed by atoms with Gasteiger partial charge >= 0.3 is 5.97 Å². The van der Waals surface area contributed by atoms with Crippen LogP contribution in [-0.4, -0.2) is 52.8 Å². The molecule has 0 fully saturated rings. The number of hydrogen-bond acceptors (Lipinski definition) is 4. The normalized spacial score (nSPS) is 14.1. The molecule has 2 rings (SSSR count). The lowest BCUT2D eigenvalue weighted by Gasteiger charge is -2.17. The number of hydrogen-bond donors (Lipinski definition) is 3. The maximum absolute atomic E-state index is 12.2. The Kier molecular flexibility index (Phi) is 6.32. The summed E-state index contributed by atoms with van der Waals surface area (Å²) in [6, 6.07) is 6.15. The van der Waals surface area contributed by atoms with Gasteiger partial charge in [-0.2, -0.15) is 0 Å². The van der Waals surface area contributed by atoms with Gasteiger partial charge in [0.25, 0.3) is 5.91 Å². The van der Waals surface area contributed by atoms with Crippen molar-refractivity contribution in [3.05, 3.63) is 35.4 Å². The van der Waals surface area contributed by atoms with E-state index in [-0.39, 0.29) is 24.9 Å². The summed E-state index contributed by atoms with van der Waals surface area (Å²) in [5.41, 5.74) is 1.44. The highest BCUT2D eigenvalue weighted by Gasteiger charge is 2.28. The maximum atomic E-state index is 12.2. The van der Waals surface area contributed by atoms with E-state index >= 15 is 0 Å². The molecule has 3 N–H and O–H groups in total. The molecule has 1 aliphatic heterocycles. The lowest BCUT2D eigenvalue weighted by atomic mass is 10.0. The average Bonchev–Trinajstić information content (AvgIpc) is 2.88. The second-order valence-corrected chi connectivity index (χ2v) is 6.68. The summed E-state index contributed by atoms with van der Waals surface area (Å²) in [7, 11) is 0. The number of rotatable bonds is 8. The zero-order valence-electron chi connectivity index (χ0n) is 14.8. The fourth-order valence-corrected chi connectivity index (χ4v) is 2.79. The van der Waals surface area contributed by atoms with Gasteiger partial charge in [-0.15, -0.1) is 0 Å². The lowest BCUT2D eigenvalue weighted by molar-refractivity contribution is -0.142. The summed E-state index contributed by atoms with van der Waals surface area (Å²) in [5, 5.41) is 13.9. The molecule has 0 saturated heterocycles. The van der Waals surface area contributed by atoms with Crippen LogP contribution >= 0.6 is 0 Å². The number of nitrogens with one attached hydrogen (secondary N) is 2. The third-order valence-corrected chi connectivity index (χ3v) is 4.02. The van der Waals surface area contributed by atoms with E-state index in [1.54, 1.807) is 12.1 Å². The summed E-state index contributed by atoms with van der Waals surface area (Å²) in [6.45, 7) is 3.57. The largest absolute Gasteiger partial charge is 0.480 e. The minimum atomic E-state index is -1.11. The van der Waals surface area contributed by atoms with Gasteiger partial charge in [-0.25, -0.2) is 4.79 Å². The Morgan fingerprint density at radius 2 is 1.88 bits per heavy atom. The second kappa shape index (κ2) is 8.46. The van der Waals surface area contributed by atoms with E-state index in [9.17, 15) is 19.2 Å². The molecular weight excluding hydrogens is 338 g/mol. The van der Waals surface area contributed by atoms with E-state index in [0.29, 0.717) is 18.5 Å². The van der Waals surface area contributed by atoms with Crippen LogP contribution in [0.5, 0.6) is 0 Å². The second-order valence-electron chi connectivity index (χ2n) is 6.68. The molecule has 1 aliphatic rings. The van der Waals surface area contributed by atoms with Gasteiger partial charge in [0.1, 0.15) is 12.6 Å². The van der Waals surface area contributed by atoms with Gasteiger partial charge in [0, 0.05) is 12.1 Å². The Hall–Kier alpha value is -2.90. The van der Waals surface area contributed by atoms with Crippen LogP contribution in [0.2, 0.25) is 0 Å². The van der Waals surface area contributed by atoms with Crippen molar-refractivity contribution in [2.75, 3.05) is 13.1 Å². The number of carboxylic acid groups (broad SMARTS) is 1. The quantitative estimate of drug-likeness (QED) is 0.619. The number of carbonyl (C=O) groups is 4. The predicted octanol–water partition coefficient (Wildman–Crippen LogP) is 0.374. The zero-order valence-corrected chi connectivity index (χ0v) is 14.8. The molecule has 1 atom stereocenters. The highest BCUT2D eigenvalue weighted by molar-refractivity contribution is 6.00. The van der Waals surface area contributed by atoms with Crippen LogP contribution in [-0.2, 0) is 20.9 Å². The molecule has 1 aromatic rings. The highest BCUT2D eigenvalue weighted by atomic mass is 16.4. The van der Waals surface area contributed by atoms with Crippen LogP contribution in [0.1, 0.15) is 36.2 Å². The molecule has 3 amide bonds. The first kappa shape index (κ1) is 19.4. The lowest BCUT2D eigenvalue weighted by Crippen LogP contribution is -2.47. The Bertz CT molecular complexity index is 717. The van der Waals surface area contributed by atoms with Gasteiger partial charge in [-0.3, -0.25) is 14.4 Å². The average molecular weight is 361 g/mol. The Balaban J connectivity index is 1.79. The minimum Gasteiger partial charge on any atom is -0.480 e. The van der Waals surface area contributed by atoms with Gasteiger partial charge in [-0.05, 0) is 24.0 Å². The standard InChI is InChI=1S/C18H23N3O5/c1-11(2)7-14(18(25)26)20-15(22)8-19-16(23)10-21-9-12-5-3-4-6-13(12)17(21)24/h3-6,11,14H,7-10H2,1-2H3,(H,19,23)(H,20,22)(H,25,26)/t14-/m0/s1. The third-order valence-electron chi connectivity index (χ3n) is 4.02. The van der Waals surface area contributed by atoms with E-state index in [2.05, 4.69) is 10.6 Å². The molecule has 0 spiro atoms. The molecule has 0 bridgehead atoms. The summed E-state index contributed by atoms with van der Waals surface area (Å²) >= 11 is 0. The molecule has 8 heteroatoms. The number of fused-ring (bicyclic) bond motifs is 1. The van der Waals surface area contributed by atoms with Crippen molar-refractivity contribution in [1.29, 1.82) is 0 Å². The van der Waals surface area contributed by atoms with Crippen molar-refractivity contribution in [3.63, 3.8) is 0 Å². The van der Waals surface area contributed by atoms with E-state index in [1.165, 1.54) is 4.90 Å². The van der Waals surface area contributed by atoms with Crippen molar-refractivity contribution in [1.82, 2.24) is 15.5 Å². The van der Waals surface area contributed by atoms with Crippen LogP contribution in [0, 0.1) is 5.92 Å². The molecule has 0 aromatic heterocycles. The Morgan fingerprint density at radius 1 is 1.19 bits per heavy atom. The van der Waals surface area contributed by atoms with Crippen LogP contribution in [0.25, 0.3) is 0 Å². The monoisotopic (exact) mass is 361 g/mol. The molecule has 140 valence electrons. The highest BCUT2D eigenvalue weighted by Crippen LogP contribution is 2.21. The van der Waals surface area contributed by atoms with E-state index < -0.39 is 23.8 Å². The predicted molar refractivity (Wildman–Crippen MR) is 93.2 cm³/mol. The van der Waals surface area contributed by atoms with Crippen molar-refractivity contribution in [3.8, 4) is 0 Å². The fraction of sp³-hybridized carbons (Fsp3) is 0.444. The van der Waals surface area contributed by atoms with Crippen molar-refractivity contribution in [2.45, 2.75) is 32.9 Å². The molecule has 0 unspecified atom stereocenters. The maximum Gasteiger partial charge on any atom is 0.326 e. The van der Waals surface area contributed by atoms with Gasteiger partial charge in [0.15, 0.2) is 0 Å². The summed E-state index contributed by atoms with van der Waals surface area (Å²) in [4.78, 5) is 48.6. The number of nitrogens with zero attached hydrogens (tertiary/aromatic N) is 1. The van der Waals surface area contributed by atoms with Crippen molar-refractivity contribution in [2.24, 2.45) is 5.92 Å². The number of amides is 3. The van der Waals surface area contributed by atoms with Gasteiger partial charge in [0.2, 0.25) is 11.8 Å². The van der Waals surface area contributed by atoms with Crippen molar-refractivity contribution >= 4 is 23.7 Å². The fourth-order valence-electron chi connectivity index (χ4n) is 2.79. The molecule has 0 saturated carbocycles.